The molecule has 0 radical (unpaired) electrons. The molecular formula is C14H8F6OS. The van der Waals surface area contributed by atoms with Gasteiger partial charge in [-0.2, -0.15) is 17.6 Å². The minimum atomic E-state index is -3.61. The zero-order chi connectivity index (χ0) is 16.3. The number of ether oxygens (including phenoxy) is 1. The van der Waals surface area contributed by atoms with E-state index in [9.17, 15) is 26.3 Å². The average molecular weight is 338 g/mol. The second kappa shape index (κ2) is 6.95. The van der Waals surface area contributed by atoms with Crippen molar-refractivity contribution in [3.63, 3.8) is 0 Å². The predicted molar refractivity (Wildman–Crippen MR) is 68.9 cm³/mol. The Morgan fingerprint density at radius 1 is 0.864 bits per heavy atom. The Hall–Kier alpha value is -1.83. The maximum Gasteiger partial charge on any atom is 0.387 e. The number of benzene rings is 2. The van der Waals surface area contributed by atoms with Crippen LogP contribution >= 0.6 is 11.8 Å². The third-order valence-electron chi connectivity index (χ3n) is 2.62. The van der Waals surface area contributed by atoms with Gasteiger partial charge in [0.05, 0.1) is 4.90 Å². The van der Waals surface area contributed by atoms with Crippen LogP contribution in [-0.2, 0) is 5.75 Å². The molecule has 0 amide bonds. The second-order valence-electron chi connectivity index (χ2n) is 4.07. The molecule has 2 rings (SSSR count). The van der Waals surface area contributed by atoms with Crippen LogP contribution in [-0.4, -0.2) is 6.61 Å². The van der Waals surface area contributed by atoms with Gasteiger partial charge in [-0.3, -0.25) is 0 Å². The molecule has 0 aliphatic rings. The largest absolute Gasteiger partial charge is 0.428 e. The third-order valence-corrected chi connectivity index (χ3v) is 3.74. The molecule has 0 fully saturated rings. The van der Waals surface area contributed by atoms with Crippen LogP contribution in [0.3, 0.4) is 0 Å². The van der Waals surface area contributed by atoms with E-state index in [2.05, 4.69) is 4.74 Å². The summed E-state index contributed by atoms with van der Waals surface area (Å²) in [4.78, 5) is -0.930. The van der Waals surface area contributed by atoms with E-state index < -0.39 is 40.5 Å². The van der Waals surface area contributed by atoms with Gasteiger partial charge in [0.1, 0.15) is 0 Å². The van der Waals surface area contributed by atoms with Gasteiger partial charge in [0.15, 0.2) is 11.6 Å². The van der Waals surface area contributed by atoms with E-state index in [1.54, 1.807) is 30.3 Å². The van der Waals surface area contributed by atoms with E-state index in [1.807, 2.05) is 0 Å². The van der Waals surface area contributed by atoms with Crippen LogP contribution in [0.25, 0.3) is 0 Å². The first kappa shape index (κ1) is 16.5. The summed E-state index contributed by atoms with van der Waals surface area (Å²) in [7, 11) is 0. The zero-order valence-corrected chi connectivity index (χ0v) is 11.6. The Kier molecular flexibility index (Phi) is 5.23. The molecule has 0 aromatic heterocycles. The van der Waals surface area contributed by atoms with Crippen LogP contribution in [0.15, 0.2) is 35.2 Å². The second-order valence-corrected chi connectivity index (χ2v) is 5.05. The lowest BCUT2D eigenvalue weighted by atomic mass is 10.2. The van der Waals surface area contributed by atoms with Crippen LogP contribution in [0.4, 0.5) is 26.3 Å². The first-order chi connectivity index (χ1) is 10.4. The van der Waals surface area contributed by atoms with Crippen molar-refractivity contribution >= 4 is 11.8 Å². The van der Waals surface area contributed by atoms with Crippen molar-refractivity contribution in [2.24, 2.45) is 0 Å². The lowest BCUT2D eigenvalue weighted by Crippen LogP contribution is -2.10. The maximum absolute atomic E-state index is 13.7. The molecule has 0 bridgehead atoms. The molecule has 0 heterocycles. The number of alkyl halides is 2. The highest BCUT2D eigenvalue weighted by Crippen LogP contribution is 2.37. The lowest BCUT2D eigenvalue weighted by molar-refractivity contribution is -0.0555. The lowest BCUT2D eigenvalue weighted by Gasteiger charge is -2.12. The monoisotopic (exact) mass is 338 g/mol. The summed E-state index contributed by atoms with van der Waals surface area (Å²) < 4.78 is 82.0. The molecule has 0 atom stereocenters. The average Bonchev–Trinajstić information content (AvgIpc) is 2.50. The van der Waals surface area contributed by atoms with Crippen molar-refractivity contribution in [3.8, 4) is 5.75 Å². The highest BCUT2D eigenvalue weighted by atomic mass is 32.2. The van der Waals surface area contributed by atoms with E-state index in [0.717, 1.165) is 0 Å². The summed E-state index contributed by atoms with van der Waals surface area (Å²) in [5.74, 6) is -9.24. The molecule has 0 N–H and O–H groups in total. The molecule has 0 saturated carbocycles. The van der Waals surface area contributed by atoms with Gasteiger partial charge in [0.25, 0.3) is 0 Å². The molecule has 118 valence electrons. The SMILES string of the molecule is Fc1c(F)c(SCc2ccccc2)c(F)c(F)c1OC(F)F. The third kappa shape index (κ3) is 3.49. The van der Waals surface area contributed by atoms with E-state index in [0.29, 0.717) is 17.3 Å². The normalized spacial score (nSPS) is 11.0. The quantitative estimate of drug-likeness (QED) is 0.424. The summed E-state index contributed by atoms with van der Waals surface area (Å²) in [6.45, 7) is -3.61. The number of rotatable bonds is 5. The van der Waals surface area contributed by atoms with Crippen molar-refractivity contribution in [2.75, 3.05) is 0 Å². The Morgan fingerprint density at radius 3 is 1.91 bits per heavy atom. The molecule has 22 heavy (non-hydrogen) atoms. The van der Waals surface area contributed by atoms with Crippen LogP contribution < -0.4 is 4.74 Å². The van der Waals surface area contributed by atoms with Crippen molar-refractivity contribution in [2.45, 2.75) is 17.3 Å². The van der Waals surface area contributed by atoms with Gasteiger partial charge in [0.2, 0.25) is 17.4 Å². The molecule has 1 nitrogen and oxygen atoms in total. The number of halogens is 6. The number of thioether (sulfide) groups is 1. The zero-order valence-electron chi connectivity index (χ0n) is 10.8. The Balaban J connectivity index is 2.32. The Bertz CT molecular complexity index is 633. The highest BCUT2D eigenvalue weighted by Gasteiger charge is 2.28. The van der Waals surface area contributed by atoms with Gasteiger partial charge in [-0.15, -0.1) is 11.8 Å². The summed E-state index contributed by atoms with van der Waals surface area (Å²) in [5, 5.41) is 0. The summed E-state index contributed by atoms with van der Waals surface area (Å²) in [6, 6.07) is 8.41. The van der Waals surface area contributed by atoms with Crippen LogP contribution in [0.1, 0.15) is 5.56 Å². The first-order valence-electron chi connectivity index (χ1n) is 5.89. The molecule has 0 aliphatic carbocycles. The van der Waals surface area contributed by atoms with Crippen LogP contribution in [0.5, 0.6) is 5.75 Å². The fourth-order valence-electron chi connectivity index (χ4n) is 1.64. The van der Waals surface area contributed by atoms with Gasteiger partial charge >= 0.3 is 6.61 Å². The standard InChI is InChI=1S/C14H8F6OS/c15-8-10(17)13(22-6-7-4-2-1-3-5-7)11(18)9(16)12(8)21-14(19)20/h1-5,14H,6H2. The fourth-order valence-corrected chi connectivity index (χ4v) is 2.58. The van der Waals surface area contributed by atoms with E-state index in [1.165, 1.54) is 0 Å². The van der Waals surface area contributed by atoms with Crippen LogP contribution in [0, 0.1) is 23.3 Å². The number of hydrogen-bond donors (Lipinski definition) is 0. The predicted octanol–water partition coefficient (Wildman–Crippen LogP) is 5.14. The molecule has 0 unspecified atom stereocenters. The summed E-state index contributed by atoms with van der Waals surface area (Å²) >= 11 is 0.510. The highest BCUT2D eigenvalue weighted by molar-refractivity contribution is 7.98. The van der Waals surface area contributed by atoms with Crippen molar-refractivity contribution in [1.29, 1.82) is 0 Å². The summed E-state index contributed by atoms with van der Waals surface area (Å²) in [5.41, 5.74) is 0.667. The smallest absolute Gasteiger partial charge is 0.387 e. The van der Waals surface area contributed by atoms with E-state index >= 15 is 0 Å². The topological polar surface area (TPSA) is 9.23 Å². The molecule has 2 aromatic rings. The van der Waals surface area contributed by atoms with Gasteiger partial charge in [-0.05, 0) is 5.56 Å². The maximum atomic E-state index is 13.7. The first-order valence-corrected chi connectivity index (χ1v) is 6.87. The van der Waals surface area contributed by atoms with Crippen molar-refractivity contribution < 1.29 is 31.1 Å². The molecule has 0 spiro atoms. The van der Waals surface area contributed by atoms with Crippen molar-refractivity contribution in [1.82, 2.24) is 0 Å². The van der Waals surface area contributed by atoms with Crippen molar-refractivity contribution in [3.05, 3.63) is 59.2 Å². The van der Waals surface area contributed by atoms with Gasteiger partial charge < -0.3 is 4.74 Å². The van der Waals surface area contributed by atoms with Gasteiger partial charge in [-0.1, -0.05) is 30.3 Å². The van der Waals surface area contributed by atoms with E-state index in [-0.39, 0.29) is 5.75 Å². The molecular weight excluding hydrogens is 330 g/mol. The number of hydrogen-bond acceptors (Lipinski definition) is 2. The van der Waals surface area contributed by atoms with E-state index in [4.69, 9.17) is 0 Å². The Labute approximate surface area is 125 Å². The molecule has 2 aromatic carbocycles. The van der Waals surface area contributed by atoms with Gasteiger partial charge in [-0.25, -0.2) is 8.78 Å². The minimum Gasteiger partial charge on any atom is -0.428 e. The minimum absolute atomic E-state index is 0.0443. The molecule has 0 saturated heterocycles. The Morgan fingerprint density at radius 2 is 1.41 bits per heavy atom. The van der Waals surface area contributed by atoms with Gasteiger partial charge in [0, 0.05) is 5.75 Å². The van der Waals surface area contributed by atoms with Crippen LogP contribution in [0.2, 0.25) is 0 Å². The molecule has 8 heteroatoms. The fraction of sp³-hybridized carbons (Fsp3) is 0.143. The molecule has 0 aliphatic heterocycles. The summed E-state index contributed by atoms with van der Waals surface area (Å²) in [6.07, 6.45) is 0.